The first-order chi connectivity index (χ1) is 1.73. The van der Waals surface area contributed by atoms with Crippen molar-refractivity contribution < 1.29 is 0 Å². The van der Waals surface area contributed by atoms with E-state index >= 15 is 0 Å². The van der Waals surface area contributed by atoms with Crippen molar-refractivity contribution in [3.63, 3.8) is 0 Å². The van der Waals surface area contributed by atoms with Crippen LogP contribution in [0.2, 0.25) is 19.6 Å². The minimum atomic E-state index is 0. The summed E-state index contributed by atoms with van der Waals surface area (Å²) in [6.45, 7) is 6.81. The minimum absolute atomic E-state index is 0. The Morgan fingerprint density at radius 3 is 1.00 bits per heavy atom. The van der Waals surface area contributed by atoms with Gasteiger partial charge in [-0.3, -0.25) is 0 Å². The molecule has 0 atom stereocenters. The van der Waals surface area contributed by atoms with Crippen molar-refractivity contribution in [3.8, 4) is 0 Å². The predicted octanol–water partition coefficient (Wildman–Crippen LogP) is 0.454. The zero-order valence-electron chi connectivity index (χ0n) is 4.08. The summed E-state index contributed by atoms with van der Waals surface area (Å²) in [6, 6.07) is 0. The van der Waals surface area contributed by atoms with Crippen LogP contribution < -0.4 is 0 Å². The molecule has 0 aromatic heterocycles. The van der Waals surface area contributed by atoms with E-state index in [1.54, 1.807) is 0 Å². The van der Waals surface area contributed by atoms with Gasteiger partial charge in [0.05, 0.1) is 0 Å². The van der Waals surface area contributed by atoms with Gasteiger partial charge in [-0.1, -0.05) is 19.6 Å². The van der Waals surface area contributed by atoms with Crippen molar-refractivity contribution in [1.82, 2.24) is 0 Å². The zero-order valence-corrected chi connectivity index (χ0v) is 9.57. The Balaban J connectivity index is 0. The average molecular weight is 284 g/mol. The van der Waals surface area contributed by atoms with Crippen LogP contribution in [0.3, 0.4) is 0 Å². The van der Waals surface area contributed by atoms with E-state index < -0.39 is 0 Å². The topological polar surface area (TPSA) is 0 Å². The third-order valence-corrected chi connectivity index (χ3v) is 0. The van der Waals surface area contributed by atoms with Gasteiger partial charge in [-0.25, -0.2) is 0 Å². The Morgan fingerprint density at radius 2 is 1.00 bits per heavy atom. The molecule has 0 aliphatic carbocycles. The summed E-state index contributed by atoms with van der Waals surface area (Å²) < 4.78 is 0. The molecule has 0 unspecified atom stereocenters. The van der Waals surface area contributed by atoms with E-state index in [2.05, 4.69) is 19.6 Å². The van der Waals surface area contributed by atoms with E-state index in [4.69, 9.17) is 0 Å². The molecule has 0 N–H and O–H groups in total. The third-order valence-electron chi connectivity index (χ3n) is 0. The Morgan fingerprint density at radius 1 is 1.00 bits per heavy atom. The summed E-state index contributed by atoms with van der Waals surface area (Å²) in [5, 5.41) is 0. The standard InChI is InChI=1S/C3H9Si.Bi.2H/c1-4(2)3;;;/h1-3H3;;;. The molecule has 0 nitrogen and oxygen atoms in total. The van der Waals surface area contributed by atoms with E-state index in [9.17, 15) is 0 Å². The second-order valence-electron chi connectivity index (χ2n) is 1.50. The molecule has 0 amide bonds. The Bertz CT molecular complexity index is 11.6. The quantitative estimate of drug-likeness (QED) is 0.567. The molecule has 0 heterocycles. The molecule has 0 aliphatic rings. The van der Waals surface area contributed by atoms with E-state index in [0.717, 1.165) is 0 Å². The normalized spacial score (nSPS) is 7.20. The van der Waals surface area contributed by atoms with Crippen LogP contribution in [0.4, 0.5) is 0 Å². The second-order valence-corrected chi connectivity index (χ2v) is 4.50. The van der Waals surface area contributed by atoms with Gasteiger partial charge in [-0.15, -0.1) is 0 Å². The van der Waals surface area contributed by atoms with Crippen LogP contribution in [0.5, 0.6) is 0 Å². The molecular weight excluding hydrogens is 273 g/mol. The van der Waals surface area contributed by atoms with E-state index in [1.165, 1.54) is 0 Å². The van der Waals surface area contributed by atoms with Crippen LogP contribution in [-0.4, -0.2) is 35.0 Å². The average Bonchev–Trinajstić information content (AvgIpc) is 0.811. The van der Waals surface area contributed by atoms with Crippen molar-refractivity contribution in [2.24, 2.45) is 0 Å². The fourth-order valence-electron chi connectivity index (χ4n) is 0. The summed E-state index contributed by atoms with van der Waals surface area (Å²) in [5.41, 5.74) is 0. The van der Waals surface area contributed by atoms with E-state index in [1.807, 2.05) is 0 Å². The molecule has 0 saturated heterocycles. The SMILES string of the molecule is C[Si](C)C.[BiH2]. The van der Waals surface area contributed by atoms with Gasteiger partial charge in [-0.2, -0.15) is 0 Å². The van der Waals surface area contributed by atoms with Crippen LogP contribution in [-0.2, 0) is 0 Å². The molecule has 32 valence electrons. The number of hydrogen-bond acceptors (Lipinski definition) is 0. The fraction of sp³-hybridized carbons (Fsp3) is 1.00. The molecule has 5 heavy (non-hydrogen) atoms. The Labute approximate surface area is 54.7 Å². The van der Waals surface area contributed by atoms with Gasteiger partial charge in [-0.05, 0) is 0 Å². The van der Waals surface area contributed by atoms with Crippen molar-refractivity contribution in [1.29, 1.82) is 0 Å². The number of rotatable bonds is 0. The van der Waals surface area contributed by atoms with Gasteiger partial charge in [0, 0.05) is 8.80 Å². The van der Waals surface area contributed by atoms with Crippen LogP contribution in [0.25, 0.3) is 0 Å². The zero-order chi connectivity index (χ0) is 3.58. The van der Waals surface area contributed by atoms with Gasteiger partial charge < -0.3 is 0 Å². The van der Waals surface area contributed by atoms with Crippen molar-refractivity contribution >= 4 is 35.0 Å². The summed E-state index contributed by atoms with van der Waals surface area (Å²) in [5.74, 6) is 0. The van der Waals surface area contributed by atoms with E-state index in [-0.39, 0.29) is 35.0 Å². The first kappa shape index (κ1) is 9.44. The summed E-state index contributed by atoms with van der Waals surface area (Å²) in [4.78, 5) is 0. The van der Waals surface area contributed by atoms with E-state index in [0.29, 0.717) is 0 Å². The molecule has 0 fully saturated rings. The number of hydrogen-bond donors (Lipinski definition) is 0. The summed E-state index contributed by atoms with van der Waals surface area (Å²) in [6.07, 6.45) is 0. The molecule has 0 bridgehead atoms. The molecule has 0 aromatic rings. The van der Waals surface area contributed by atoms with Crippen molar-refractivity contribution in [3.05, 3.63) is 0 Å². The molecule has 2 radical (unpaired) electrons. The maximum absolute atomic E-state index is 2.27. The molecule has 0 spiro atoms. The summed E-state index contributed by atoms with van der Waals surface area (Å²) >= 11 is 0. The molecule has 0 saturated carbocycles. The molecule has 2 heteroatoms. The molecule has 0 rings (SSSR count). The second kappa shape index (κ2) is 5.10. The Hall–Kier alpha value is 1.10. The van der Waals surface area contributed by atoms with Crippen LogP contribution >= 0.6 is 0 Å². The molecule has 0 aromatic carbocycles. The van der Waals surface area contributed by atoms with Gasteiger partial charge >= 0.3 is 26.2 Å². The van der Waals surface area contributed by atoms with Gasteiger partial charge in [0.1, 0.15) is 0 Å². The van der Waals surface area contributed by atoms with Crippen molar-refractivity contribution in [2.75, 3.05) is 0 Å². The molecular formula is C3H11BiSi. The van der Waals surface area contributed by atoms with Gasteiger partial charge in [0.25, 0.3) is 0 Å². The Kier molecular flexibility index (Phi) is 9.63. The predicted molar refractivity (Wildman–Crippen MR) is 31.9 cm³/mol. The van der Waals surface area contributed by atoms with Crippen LogP contribution in [0.1, 0.15) is 0 Å². The third kappa shape index (κ3) is 40.5. The monoisotopic (exact) mass is 284 g/mol. The van der Waals surface area contributed by atoms with Crippen LogP contribution in [0.15, 0.2) is 0 Å². The van der Waals surface area contributed by atoms with Gasteiger partial charge in [0.15, 0.2) is 0 Å². The van der Waals surface area contributed by atoms with Crippen LogP contribution in [0, 0.1) is 0 Å². The van der Waals surface area contributed by atoms with Gasteiger partial charge in [0.2, 0.25) is 0 Å². The fourth-order valence-corrected chi connectivity index (χ4v) is 0. The maximum atomic E-state index is 2.27. The van der Waals surface area contributed by atoms with Crippen molar-refractivity contribution in [2.45, 2.75) is 19.6 Å². The summed E-state index contributed by atoms with van der Waals surface area (Å²) in [7, 11) is 0.120. The molecule has 0 aliphatic heterocycles. The first-order valence-electron chi connectivity index (χ1n) is 1.50. The first-order valence-corrected chi connectivity index (χ1v) is 4.50.